The molecule has 1 aliphatic carbocycles. The molecule has 0 saturated carbocycles. The van der Waals surface area contributed by atoms with Gasteiger partial charge in [0, 0.05) is 0 Å². The number of nitrogens with one attached hydrogen (secondary N) is 1. The Kier molecular flexibility index (Phi) is 4.06. The summed E-state index contributed by atoms with van der Waals surface area (Å²) >= 11 is 0. The molecule has 0 aromatic heterocycles. The van der Waals surface area contributed by atoms with Gasteiger partial charge in [-0.15, -0.1) is 0 Å². The highest BCUT2D eigenvalue weighted by Gasteiger charge is 2.12. The quantitative estimate of drug-likeness (QED) is 0.942. The zero-order valence-electron chi connectivity index (χ0n) is 12.1. The first-order chi connectivity index (χ1) is 10.8. The molecule has 0 fully saturated rings. The maximum Gasteiger partial charge on any atom is 0.262 e. The normalized spacial score (nSPS) is 12.3. The number of hydrogen-bond acceptors (Lipinski definition) is 3. The van der Waals surface area contributed by atoms with Gasteiger partial charge < -0.3 is 10.1 Å². The Morgan fingerprint density at radius 3 is 2.86 bits per heavy atom. The Bertz CT molecular complexity index is 747. The molecule has 3 rings (SSSR count). The molecule has 2 aromatic carbocycles. The molecular weight excluding hydrogens is 276 g/mol. The SMILES string of the molecule is N#Cc1ccccc1NC(=O)COc1ccc2c(c1)CCC2. The molecule has 1 N–H and O–H groups in total. The van der Waals surface area contributed by atoms with E-state index in [9.17, 15) is 4.79 Å². The van der Waals surface area contributed by atoms with Gasteiger partial charge in [-0.3, -0.25) is 4.79 Å². The highest BCUT2D eigenvalue weighted by molar-refractivity contribution is 5.93. The Morgan fingerprint density at radius 1 is 1.18 bits per heavy atom. The van der Waals surface area contributed by atoms with Crippen molar-refractivity contribution in [2.75, 3.05) is 11.9 Å². The van der Waals surface area contributed by atoms with E-state index >= 15 is 0 Å². The van der Waals surface area contributed by atoms with Crippen LogP contribution in [0.3, 0.4) is 0 Å². The summed E-state index contributed by atoms with van der Waals surface area (Å²) in [6.45, 7) is -0.0709. The van der Waals surface area contributed by atoms with Crippen LogP contribution < -0.4 is 10.1 Å². The fourth-order valence-electron chi connectivity index (χ4n) is 2.66. The number of para-hydroxylation sites is 1. The summed E-state index contributed by atoms with van der Waals surface area (Å²) in [5.41, 5.74) is 3.63. The summed E-state index contributed by atoms with van der Waals surface area (Å²) in [7, 11) is 0. The van der Waals surface area contributed by atoms with Crippen molar-refractivity contribution in [3.63, 3.8) is 0 Å². The molecular formula is C18H16N2O2. The van der Waals surface area contributed by atoms with Crippen molar-refractivity contribution in [1.82, 2.24) is 0 Å². The lowest BCUT2D eigenvalue weighted by Crippen LogP contribution is -2.20. The number of anilines is 1. The van der Waals surface area contributed by atoms with Gasteiger partial charge in [0.2, 0.25) is 0 Å². The number of amides is 1. The number of ether oxygens (including phenoxy) is 1. The largest absolute Gasteiger partial charge is 0.484 e. The van der Waals surface area contributed by atoms with E-state index in [1.165, 1.54) is 17.5 Å². The van der Waals surface area contributed by atoms with Crippen molar-refractivity contribution >= 4 is 11.6 Å². The molecule has 0 bridgehead atoms. The number of carbonyl (C=O) groups is 1. The first kappa shape index (κ1) is 14.2. The van der Waals surface area contributed by atoms with Crippen molar-refractivity contribution in [2.24, 2.45) is 0 Å². The zero-order chi connectivity index (χ0) is 15.4. The smallest absolute Gasteiger partial charge is 0.262 e. The summed E-state index contributed by atoms with van der Waals surface area (Å²) in [4.78, 5) is 11.9. The molecule has 0 atom stereocenters. The van der Waals surface area contributed by atoms with Gasteiger partial charge in [0.15, 0.2) is 6.61 Å². The van der Waals surface area contributed by atoms with Gasteiger partial charge >= 0.3 is 0 Å². The van der Waals surface area contributed by atoms with E-state index < -0.39 is 0 Å². The summed E-state index contributed by atoms with van der Waals surface area (Å²) in [6.07, 6.45) is 3.39. The molecule has 4 nitrogen and oxygen atoms in total. The molecule has 0 aliphatic heterocycles. The van der Waals surface area contributed by atoms with E-state index in [0.717, 1.165) is 12.8 Å². The van der Waals surface area contributed by atoms with Crippen LogP contribution >= 0.6 is 0 Å². The lowest BCUT2D eigenvalue weighted by molar-refractivity contribution is -0.118. The van der Waals surface area contributed by atoms with Crippen LogP contribution in [-0.4, -0.2) is 12.5 Å². The summed E-state index contributed by atoms with van der Waals surface area (Å²) in [6, 6.07) is 14.9. The third-order valence-electron chi connectivity index (χ3n) is 3.76. The fourth-order valence-corrected chi connectivity index (χ4v) is 2.66. The van der Waals surface area contributed by atoms with Gasteiger partial charge in [-0.1, -0.05) is 18.2 Å². The van der Waals surface area contributed by atoms with Gasteiger partial charge in [-0.05, 0) is 54.7 Å². The second kappa shape index (κ2) is 6.31. The van der Waals surface area contributed by atoms with Crippen LogP contribution in [0, 0.1) is 11.3 Å². The predicted octanol–water partition coefficient (Wildman–Crippen LogP) is 3.06. The van der Waals surface area contributed by atoms with Gasteiger partial charge in [0.05, 0.1) is 11.3 Å². The van der Waals surface area contributed by atoms with Crippen molar-refractivity contribution in [2.45, 2.75) is 19.3 Å². The van der Waals surface area contributed by atoms with Crippen molar-refractivity contribution < 1.29 is 9.53 Å². The molecule has 1 aliphatic rings. The Balaban J connectivity index is 1.60. The minimum absolute atomic E-state index is 0.0709. The number of rotatable bonds is 4. The predicted molar refractivity (Wildman–Crippen MR) is 83.7 cm³/mol. The Morgan fingerprint density at radius 2 is 2.00 bits per heavy atom. The molecule has 0 unspecified atom stereocenters. The number of hydrogen-bond donors (Lipinski definition) is 1. The van der Waals surface area contributed by atoms with Crippen molar-refractivity contribution in [1.29, 1.82) is 5.26 Å². The van der Waals surface area contributed by atoms with Gasteiger partial charge in [-0.25, -0.2) is 0 Å². The highest BCUT2D eigenvalue weighted by atomic mass is 16.5. The van der Waals surface area contributed by atoms with E-state index in [4.69, 9.17) is 10.00 Å². The highest BCUT2D eigenvalue weighted by Crippen LogP contribution is 2.26. The van der Waals surface area contributed by atoms with Crippen LogP contribution in [0.4, 0.5) is 5.69 Å². The van der Waals surface area contributed by atoms with Crippen molar-refractivity contribution in [3.05, 3.63) is 59.2 Å². The summed E-state index contributed by atoms with van der Waals surface area (Å²) < 4.78 is 5.54. The van der Waals surface area contributed by atoms with Crippen LogP contribution in [0.2, 0.25) is 0 Å². The second-order valence-corrected chi connectivity index (χ2v) is 5.28. The minimum atomic E-state index is -0.275. The lowest BCUT2D eigenvalue weighted by atomic mass is 10.1. The molecule has 110 valence electrons. The van der Waals surface area contributed by atoms with Crippen molar-refractivity contribution in [3.8, 4) is 11.8 Å². The van der Waals surface area contributed by atoms with E-state index in [0.29, 0.717) is 17.0 Å². The number of nitriles is 1. The first-order valence-electron chi connectivity index (χ1n) is 7.30. The third kappa shape index (κ3) is 3.09. The molecule has 22 heavy (non-hydrogen) atoms. The fraction of sp³-hybridized carbons (Fsp3) is 0.222. The molecule has 0 saturated heterocycles. The number of benzene rings is 2. The third-order valence-corrected chi connectivity index (χ3v) is 3.76. The van der Waals surface area contributed by atoms with Crippen LogP contribution in [0.1, 0.15) is 23.1 Å². The second-order valence-electron chi connectivity index (χ2n) is 5.28. The Labute approximate surface area is 129 Å². The molecule has 2 aromatic rings. The van der Waals surface area contributed by atoms with E-state index in [2.05, 4.69) is 11.4 Å². The Hall–Kier alpha value is -2.80. The van der Waals surface area contributed by atoms with Crippen LogP contribution in [0.15, 0.2) is 42.5 Å². The number of aryl methyl sites for hydroxylation is 2. The summed E-state index contributed by atoms with van der Waals surface area (Å²) in [5.74, 6) is 0.438. The lowest BCUT2D eigenvalue weighted by Gasteiger charge is -2.09. The molecule has 0 radical (unpaired) electrons. The maximum atomic E-state index is 11.9. The first-order valence-corrected chi connectivity index (χ1v) is 7.30. The van der Waals surface area contributed by atoms with Crippen LogP contribution in [-0.2, 0) is 17.6 Å². The average Bonchev–Trinajstić information content (AvgIpc) is 3.01. The standard InChI is InChI=1S/C18H16N2O2/c19-11-15-4-1-2-7-17(15)20-18(21)12-22-16-9-8-13-5-3-6-14(13)10-16/h1-2,4,7-10H,3,5-6,12H2,(H,20,21). The minimum Gasteiger partial charge on any atom is -0.484 e. The average molecular weight is 292 g/mol. The molecule has 1 amide bonds. The van der Waals surface area contributed by atoms with Crippen LogP contribution in [0.25, 0.3) is 0 Å². The number of nitrogens with zero attached hydrogens (tertiary/aromatic N) is 1. The molecule has 0 spiro atoms. The van der Waals surface area contributed by atoms with E-state index in [-0.39, 0.29) is 12.5 Å². The topological polar surface area (TPSA) is 62.1 Å². The number of carbonyl (C=O) groups excluding carboxylic acids is 1. The summed E-state index contributed by atoms with van der Waals surface area (Å²) in [5, 5.41) is 11.7. The molecule has 0 heterocycles. The number of fused-ring (bicyclic) bond motifs is 1. The van der Waals surface area contributed by atoms with Gasteiger partial charge in [-0.2, -0.15) is 5.26 Å². The van der Waals surface area contributed by atoms with Gasteiger partial charge in [0.1, 0.15) is 11.8 Å². The monoisotopic (exact) mass is 292 g/mol. The van der Waals surface area contributed by atoms with E-state index in [1.54, 1.807) is 24.3 Å². The van der Waals surface area contributed by atoms with Gasteiger partial charge in [0.25, 0.3) is 5.91 Å². The zero-order valence-corrected chi connectivity index (χ0v) is 12.1. The molecule has 4 heteroatoms. The maximum absolute atomic E-state index is 11.9. The van der Waals surface area contributed by atoms with Crippen LogP contribution in [0.5, 0.6) is 5.75 Å². The van der Waals surface area contributed by atoms with E-state index in [1.807, 2.05) is 18.2 Å².